The van der Waals surface area contributed by atoms with Crippen LogP contribution in [0.15, 0.2) is 0 Å². The van der Waals surface area contributed by atoms with Gasteiger partial charge in [-0.15, -0.1) is 0 Å². The van der Waals surface area contributed by atoms with Gasteiger partial charge >= 0.3 is 63.0 Å². The van der Waals surface area contributed by atoms with E-state index in [1.54, 1.807) is 0 Å². The molecule has 0 saturated heterocycles. The van der Waals surface area contributed by atoms with E-state index in [9.17, 15) is 0 Å². The summed E-state index contributed by atoms with van der Waals surface area (Å²) in [6.07, 6.45) is 0. The minimum atomic E-state index is 0.0533. The standard InChI is InChI=1S/2C2H7N2.Pd/c2*3-1-2-4;/h2*1H,2-4H2;. The Balaban J connectivity index is 3.22. The van der Waals surface area contributed by atoms with E-state index in [4.69, 9.17) is 22.9 Å². The van der Waals surface area contributed by atoms with Gasteiger partial charge in [-0.05, 0) is 0 Å². The summed E-state index contributed by atoms with van der Waals surface area (Å²) >= 11 is 0.301. The fourth-order valence-corrected chi connectivity index (χ4v) is 1.54. The summed E-state index contributed by atoms with van der Waals surface area (Å²) in [6.45, 7) is 1.00. The first-order chi connectivity index (χ1) is 4.20. The molecule has 0 aromatic carbocycles. The van der Waals surface area contributed by atoms with Gasteiger partial charge < -0.3 is 0 Å². The molecule has 0 aromatic heterocycles. The van der Waals surface area contributed by atoms with E-state index in [2.05, 4.69) is 0 Å². The van der Waals surface area contributed by atoms with Gasteiger partial charge in [-0.1, -0.05) is 0 Å². The number of nitrogens with two attached hydrogens (primary N) is 4. The van der Waals surface area contributed by atoms with Crippen molar-refractivity contribution in [3.8, 4) is 0 Å². The van der Waals surface area contributed by atoms with Crippen molar-refractivity contribution in [2.45, 2.75) is 9.03 Å². The number of rotatable bonds is 4. The van der Waals surface area contributed by atoms with Gasteiger partial charge in [-0.25, -0.2) is 0 Å². The van der Waals surface area contributed by atoms with Crippen LogP contribution in [0.5, 0.6) is 0 Å². The van der Waals surface area contributed by atoms with Gasteiger partial charge in [0.15, 0.2) is 0 Å². The van der Waals surface area contributed by atoms with Gasteiger partial charge in [-0.3, -0.25) is 0 Å². The Kier molecular flexibility index (Phi) is 5.60. The van der Waals surface area contributed by atoms with Crippen LogP contribution in [0.3, 0.4) is 0 Å². The van der Waals surface area contributed by atoms with Crippen LogP contribution in [0.1, 0.15) is 0 Å². The Morgan fingerprint density at radius 2 is 1.33 bits per heavy atom. The fraction of sp³-hybridized carbons (Fsp3) is 1.00. The third kappa shape index (κ3) is 4.97. The zero-order valence-electron chi connectivity index (χ0n) is 5.19. The van der Waals surface area contributed by atoms with Gasteiger partial charge in [0, 0.05) is 0 Å². The summed E-state index contributed by atoms with van der Waals surface area (Å²) in [4.78, 5) is 0. The van der Waals surface area contributed by atoms with Crippen molar-refractivity contribution >= 4 is 0 Å². The Morgan fingerprint density at radius 1 is 1.00 bits per heavy atom. The Hall–Kier alpha value is 0.502. The monoisotopic (exact) mass is 224 g/mol. The first-order valence-electron chi connectivity index (χ1n) is 2.66. The molecule has 4 nitrogen and oxygen atoms in total. The molecule has 0 rings (SSSR count). The average molecular weight is 225 g/mol. The summed E-state index contributed by atoms with van der Waals surface area (Å²) in [6, 6.07) is 0. The quantitative estimate of drug-likeness (QED) is 0.398. The van der Waals surface area contributed by atoms with Crippen molar-refractivity contribution in [3.63, 3.8) is 0 Å². The molecule has 0 aliphatic carbocycles. The molecule has 2 atom stereocenters. The molecule has 0 heterocycles. The molecule has 0 aromatic rings. The Labute approximate surface area is 63.5 Å². The molecule has 0 radical (unpaired) electrons. The van der Waals surface area contributed by atoms with E-state index in [1.165, 1.54) is 0 Å². The second kappa shape index (κ2) is 5.30. The predicted molar refractivity (Wildman–Crippen MR) is 34.1 cm³/mol. The molecule has 0 bridgehead atoms. The predicted octanol–water partition coefficient (Wildman–Crippen LogP) is -2.44. The normalized spacial score (nSPS) is 17.8. The van der Waals surface area contributed by atoms with E-state index >= 15 is 0 Å². The first-order valence-corrected chi connectivity index (χ1v) is 4.46. The third-order valence-electron chi connectivity index (χ3n) is 0.692. The summed E-state index contributed by atoms with van der Waals surface area (Å²) in [7, 11) is 0. The molecule has 5 heteroatoms. The van der Waals surface area contributed by atoms with Gasteiger partial charge in [0.1, 0.15) is 0 Å². The molecule has 0 aliphatic rings. The summed E-state index contributed by atoms with van der Waals surface area (Å²) in [5.41, 5.74) is 21.6. The zero-order chi connectivity index (χ0) is 7.28. The van der Waals surface area contributed by atoms with Gasteiger partial charge in [0.25, 0.3) is 0 Å². The fourth-order valence-electron chi connectivity index (χ4n) is 0.260. The molecular weight excluding hydrogens is 210 g/mol. The minimum absolute atomic E-state index is 0.0533. The average Bonchev–Trinajstić information content (AvgIpc) is 1.87. The van der Waals surface area contributed by atoms with Crippen LogP contribution in [0, 0.1) is 0 Å². The van der Waals surface area contributed by atoms with Crippen LogP contribution in [0.25, 0.3) is 0 Å². The van der Waals surface area contributed by atoms with Crippen molar-refractivity contribution in [3.05, 3.63) is 0 Å². The molecule has 60 valence electrons. The van der Waals surface area contributed by atoms with E-state index < -0.39 is 0 Å². The Morgan fingerprint density at radius 3 is 1.56 bits per heavy atom. The van der Waals surface area contributed by atoms with E-state index in [0.29, 0.717) is 31.1 Å². The van der Waals surface area contributed by atoms with Crippen LogP contribution in [-0.2, 0) is 18.0 Å². The van der Waals surface area contributed by atoms with E-state index in [1.807, 2.05) is 0 Å². The van der Waals surface area contributed by atoms with Crippen LogP contribution in [0.2, 0.25) is 0 Å². The van der Waals surface area contributed by atoms with Gasteiger partial charge in [0.05, 0.1) is 0 Å². The molecule has 8 N–H and O–H groups in total. The summed E-state index contributed by atoms with van der Waals surface area (Å²) in [5.74, 6) is 0. The SMILES string of the molecule is NC[CH](N)[Pd][CH](N)CN. The van der Waals surface area contributed by atoms with Gasteiger partial charge in [0.2, 0.25) is 0 Å². The van der Waals surface area contributed by atoms with Crippen molar-refractivity contribution in [1.29, 1.82) is 0 Å². The number of hydrogen-bond acceptors (Lipinski definition) is 4. The first kappa shape index (κ1) is 9.50. The molecule has 0 fully saturated rings. The second-order valence-corrected chi connectivity index (χ2v) is 4.34. The molecular formula is C4H14N4Pd. The molecule has 2 unspecified atom stereocenters. The maximum atomic E-state index is 5.51. The van der Waals surface area contributed by atoms with Crippen molar-refractivity contribution < 1.29 is 18.0 Å². The molecule has 0 spiro atoms. The van der Waals surface area contributed by atoms with Crippen molar-refractivity contribution in [2.24, 2.45) is 22.9 Å². The topological polar surface area (TPSA) is 104 Å². The number of hydrogen-bond donors (Lipinski definition) is 4. The van der Waals surface area contributed by atoms with Crippen LogP contribution < -0.4 is 22.9 Å². The van der Waals surface area contributed by atoms with Gasteiger partial charge in [-0.2, -0.15) is 0 Å². The van der Waals surface area contributed by atoms with Crippen LogP contribution >= 0.6 is 0 Å². The molecule has 0 aliphatic heterocycles. The second-order valence-electron chi connectivity index (χ2n) is 1.52. The van der Waals surface area contributed by atoms with Crippen molar-refractivity contribution in [2.75, 3.05) is 13.1 Å². The molecule has 0 saturated carbocycles. The summed E-state index contributed by atoms with van der Waals surface area (Å²) in [5, 5.41) is 0. The maximum absolute atomic E-state index is 5.51. The molecule has 9 heavy (non-hydrogen) atoms. The van der Waals surface area contributed by atoms with Crippen LogP contribution in [0.4, 0.5) is 0 Å². The summed E-state index contributed by atoms with van der Waals surface area (Å²) < 4.78 is 0.107. The third-order valence-corrected chi connectivity index (χ3v) is 2.76. The molecule has 0 amide bonds. The zero-order valence-corrected chi connectivity index (χ0v) is 6.75. The van der Waals surface area contributed by atoms with Crippen LogP contribution in [-0.4, -0.2) is 22.1 Å². The van der Waals surface area contributed by atoms with E-state index in [0.717, 1.165) is 0 Å². The van der Waals surface area contributed by atoms with E-state index in [-0.39, 0.29) is 9.03 Å². The Bertz CT molecular complexity index is 61.6. The van der Waals surface area contributed by atoms with Crippen molar-refractivity contribution in [1.82, 2.24) is 0 Å².